The lowest BCUT2D eigenvalue weighted by Crippen LogP contribution is -2.27. The normalized spacial score (nSPS) is 13.9. The Labute approximate surface area is 182 Å². The molecule has 1 saturated heterocycles. The van der Waals surface area contributed by atoms with Crippen molar-refractivity contribution in [2.24, 2.45) is 0 Å². The Morgan fingerprint density at radius 2 is 1.97 bits per heavy atom. The number of sulfonamides is 1. The maximum absolute atomic E-state index is 12.9. The fourth-order valence-corrected chi connectivity index (χ4v) is 5.37. The number of likely N-dealkylation sites (tertiary alicyclic amines) is 1. The molecule has 0 saturated carbocycles. The van der Waals surface area contributed by atoms with Crippen LogP contribution in [-0.2, 0) is 10.0 Å². The zero-order chi connectivity index (χ0) is 22.0. The number of methoxy groups -OCH3 is 2. The molecule has 4 rings (SSSR count). The quantitative estimate of drug-likeness (QED) is 0.566. The van der Waals surface area contributed by atoms with Crippen molar-refractivity contribution in [2.75, 3.05) is 32.0 Å². The highest BCUT2D eigenvalue weighted by Gasteiger charge is 2.26. The van der Waals surface area contributed by atoms with E-state index in [1.165, 1.54) is 26.4 Å². The maximum Gasteiger partial charge on any atom is 0.316 e. The molecule has 0 spiro atoms. The molecule has 1 aromatic carbocycles. The lowest BCUT2D eigenvalue weighted by Gasteiger charge is -2.12. The molecule has 0 bridgehead atoms. The minimum Gasteiger partial charge on any atom is -0.497 e. The van der Waals surface area contributed by atoms with Gasteiger partial charge < -0.3 is 18.9 Å². The first kappa shape index (κ1) is 21.1. The summed E-state index contributed by atoms with van der Waals surface area (Å²) in [5.41, 5.74) is 0.682. The van der Waals surface area contributed by atoms with Crippen LogP contribution in [-0.4, -0.2) is 56.7 Å². The van der Waals surface area contributed by atoms with Crippen molar-refractivity contribution in [1.29, 1.82) is 0 Å². The first-order valence-corrected chi connectivity index (χ1v) is 11.7. The molecular formula is C19H20N4O6S2. The number of ether oxygens (including phenoxy) is 2. The van der Waals surface area contributed by atoms with Gasteiger partial charge in [0.05, 0.1) is 19.9 Å². The molecule has 3 heterocycles. The second-order valence-electron chi connectivity index (χ2n) is 6.75. The third kappa shape index (κ3) is 4.35. The molecule has 1 aliphatic rings. The number of carbonyl (C=O) groups excluding carboxylic acids is 1. The van der Waals surface area contributed by atoms with Crippen LogP contribution in [0.1, 0.15) is 23.5 Å². The molecule has 0 aliphatic carbocycles. The van der Waals surface area contributed by atoms with Crippen LogP contribution in [0.3, 0.4) is 0 Å². The maximum atomic E-state index is 12.9. The Morgan fingerprint density at radius 3 is 2.68 bits per heavy atom. The minimum absolute atomic E-state index is 0.0459. The van der Waals surface area contributed by atoms with Crippen LogP contribution >= 0.6 is 11.3 Å². The number of amides is 1. The molecule has 12 heteroatoms. The topological polar surface area (TPSA) is 124 Å². The van der Waals surface area contributed by atoms with Crippen LogP contribution in [0.15, 0.2) is 38.4 Å². The van der Waals surface area contributed by atoms with Gasteiger partial charge in [-0.3, -0.25) is 9.52 Å². The van der Waals surface area contributed by atoms with E-state index in [2.05, 4.69) is 14.9 Å². The molecular weight excluding hydrogens is 444 g/mol. The van der Waals surface area contributed by atoms with E-state index in [1.54, 1.807) is 22.4 Å². The van der Waals surface area contributed by atoms with Crippen LogP contribution < -0.4 is 14.2 Å². The molecule has 0 unspecified atom stereocenters. The van der Waals surface area contributed by atoms with Gasteiger partial charge >= 0.3 is 11.8 Å². The summed E-state index contributed by atoms with van der Waals surface area (Å²) < 4.78 is 43.8. The summed E-state index contributed by atoms with van der Waals surface area (Å²) in [6.07, 6.45) is 1.90. The number of nitrogens with zero attached hydrogens (tertiary/aromatic N) is 3. The largest absolute Gasteiger partial charge is 0.497 e. The standard InChI is InChI=1S/C19H20N4O6S2/c1-27-13-5-6-15(28-2)14(10-13)22-31(25,26)16-9-12(11-30-16)17-20-18(29-21-17)19(24)23-7-3-4-8-23/h5-6,9-11,22H,3-4,7-8H2,1-2H3. The molecule has 1 aliphatic heterocycles. The van der Waals surface area contributed by atoms with Crippen molar-refractivity contribution in [1.82, 2.24) is 15.0 Å². The number of anilines is 1. The molecule has 1 N–H and O–H groups in total. The van der Waals surface area contributed by atoms with Crippen LogP contribution in [0.25, 0.3) is 11.4 Å². The van der Waals surface area contributed by atoms with Gasteiger partial charge in [0.25, 0.3) is 10.0 Å². The molecule has 10 nitrogen and oxygen atoms in total. The van der Waals surface area contributed by atoms with E-state index in [4.69, 9.17) is 14.0 Å². The minimum atomic E-state index is -3.91. The number of benzene rings is 1. The van der Waals surface area contributed by atoms with E-state index in [0.717, 1.165) is 24.2 Å². The van der Waals surface area contributed by atoms with Crippen molar-refractivity contribution < 1.29 is 27.2 Å². The third-order valence-corrected chi connectivity index (χ3v) is 7.56. The number of rotatable bonds is 7. The van der Waals surface area contributed by atoms with Gasteiger partial charge in [-0.2, -0.15) is 4.98 Å². The average molecular weight is 465 g/mol. The lowest BCUT2D eigenvalue weighted by atomic mass is 10.3. The Kier molecular flexibility index (Phi) is 5.83. The summed E-state index contributed by atoms with van der Waals surface area (Å²) in [7, 11) is -0.979. The predicted octanol–water partition coefficient (Wildman–Crippen LogP) is 2.85. The highest BCUT2D eigenvalue weighted by atomic mass is 32.2. The van der Waals surface area contributed by atoms with Gasteiger partial charge in [-0.25, -0.2) is 8.42 Å². The van der Waals surface area contributed by atoms with Gasteiger partial charge in [0, 0.05) is 30.1 Å². The Morgan fingerprint density at radius 1 is 1.19 bits per heavy atom. The van der Waals surface area contributed by atoms with E-state index in [9.17, 15) is 13.2 Å². The van der Waals surface area contributed by atoms with Gasteiger partial charge in [-0.05, 0) is 31.0 Å². The van der Waals surface area contributed by atoms with Gasteiger partial charge in [-0.1, -0.05) is 5.16 Å². The number of aromatic nitrogens is 2. The van der Waals surface area contributed by atoms with E-state index < -0.39 is 10.0 Å². The first-order valence-electron chi connectivity index (χ1n) is 9.38. The number of nitrogens with one attached hydrogen (secondary N) is 1. The predicted molar refractivity (Wildman–Crippen MR) is 113 cm³/mol. The fourth-order valence-electron chi connectivity index (χ4n) is 3.15. The van der Waals surface area contributed by atoms with Crippen LogP contribution in [0.4, 0.5) is 5.69 Å². The third-order valence-electron chi connectivity index (χ3n) is 4.75. The van der Waals surface area contributed by atoms with Crippen molar-refractivity contribution in [3.05, 3.63) is 35.5 Å². The lowest BCUT2D eigenvalue weighted by molar-refractivity contribution is 0.0743. The average Bonchev–Trinajstić information content (AvgIpc) is 3.54. The summed E-state index contributed by atoms with van der Waals surface area (Å²) in [5.74, 6) is 0.564. The summed E-state index contributed by atoms with van der Waals surface area (Å²) in [5, 5.41) is 5.42. The molecule has 0 atom stereocenters. The van der Waals surface area contributed by atoms with E-state index in [-0.39, 0.29) is 27.5 Å². The number of hydrogen-bond acceptors (Lipinski definition) is 9. The second kappa shape index (κ2) is 8.55. The van der Waals surface area contributed by atoms with Crippen molar-refractivity contribution in [2.45, 2.75) is 17.1 Å². The molecule has 0 radical (unpaired) electrons. The van der Waals surface area contributed by atoms with E-state index in [1.807, 2.05) is 0 Å². The Hall–Kier alpha value is -3.12. The summed E-state index contributed by atoms with van der Waals surface area (Å²) in [6, 6.07) is 6.22. The Bertz CT molecular complexity index is 1200. The van der Waals surface area contributed by atoms with Gasteiger partial charge in [0.1, 0.15) is 15.7 Å². The van der Waals surface area contributed by atoms with E-state index in [0.29, 0.717) is 30.2 Å². The SMILES string of the molecule is COc1ccc(OC)c(NS(=O)(=O)c2cc(-c3noc(C(=O)N4CCCC4)n3)cs2)c1. The molecule has 1 fully saturated rings. The molecule has 31 heavy (non-hydrogen) atoms. The zero-order valence-corrected chi connectivity index (χ0v) is 18.5. The highest BCUT2D eigenvalue weighted by Crippen LogP contribution is 2.33. The summed E-state index contributed by atoms with van der Waals surface area (Å²) in [4.78, 5) is 18.2. The number of hydrogen-bond donors (Lipinski definition) is 1. The molecule has 2 aromatic heterocycles. The van der Waals surface area contributed by atoms with Gasteiger partial charge in [0.15, 0.2) is 0 Å². The zero-order valence-electron chi connectivity index (χ0n) is 16.8. The van der Waals surface area contributed by atoms with Crippen LogP contribution in [0, 0.1) is 0 Å². The molecule has 3 aromatic rings. The monoisotopic (exact) mass is 464 g/mol. The molecule has 1 amide bonds. The fraction of sp³-hybridized carbons (Fsp3) is 0.316. The van der Waals surface area contributed by atoms with Crippen molar-refractivity contribution >= 4 is 33.0 Å². The van der Waals surface area contributed by atoms with Gasteiger partial charge in [0.2, 0.25) is 5.82 Å². The number of carbonyl (C=O) groups is 1. The van der Waals surface area contributed by atoms with E-state index >= 15 is 0 Å². The van der Waals surface area contributed by atoms with Crippen LogP contribution in [0.5, 0.6) is 11.5 Å². The highest BCUT2D eigenvalue weighted by molar-refractivity contribution is 7.94. The second-order valence-corrected chi connectivity index (χ2v) is 9.57. The van der Waals surface area contributed by atoms with Crippen molar-refractivity contribution in [3.63, 3.8) is 0 Å². The van der Waals surface area contributed by atoms with Crippen LogP contribution in [0.2, 0.25) is 0 Å². The Balaban J connectivity index is 1.55. The number of thiophene rings is 1. The summed E-state index contributed by atoms with van der Waals surface area (Å²) in [6.45, 7) is 1.33. The first-order chi connectivity index (χ1) is 14.9. The smallest absolute Gasteiger partial charge is 0.316 e. The summed E-state index contributed by atoms with van der Waals surface area (Å²) >= 11 is 0.997. The van der Waals surface area contributed by atoms with Crippen molar-refractivity contribution in [3.8, 4) is 22.9 Å². The molecule has 164 valence electrons. The van der Waals surface area contributed by atoms with Gasteiger partial charge in [-0.15, -0.1) is 11.3 Å².